The van der Waals surface area contributed by atoms with Crippen LogP contribution in [-0.2, 0) is 22.4 Å². The Morgan fingerprint density at radius 2 is 1.82 bits per heavy atom. The maximum atomic E-state index is 13.4. The summed E-state index contributed by atoms with van der Waals surface area (Å²) >= 11 is 0. The molecule has 0 spiro atoms. The standard InChI is InChI=1S/C28H29N3O2/c1-2-15-30-16-17-31(27(32)18-22-9-4-3-5-10-22)21-25(28(30)33)19-23-11-6-7-13-26(23)24-12-8-14-29-20-24/h2-14,20,25H,1,15-19,21H2/t25-/m1/s1. The number of carbonyl (C=O) groups excluding carboxylic acids is 2. The first kappa shape index (κ1) is 22.5. The lowest BCUT2D eigenvalue weighted by Crippen LogP contribution is -2.38. The van der Waals surface area contributed by atoms with Gasteiger partial charge in [0.2, 0.25) is 11.8 Å². The summed E-state index contributed by atoms with van der Waals surface area (Å²) in [7, 11) is 0. The fourth-order valence-electron chi connectivity index (χ4n) is 4.41. The first-order valence-corrected chi connectivity index (χ1v) is 11.4. The van der Waals surface area contributed by atoms with Gasteiger partial charge < -0.3 is 9.80 Å². The van der Waals surface area contributed by atoms with E-state index in [2.05, 4.69) is 23.7 Å². The van der Waals surface area contributed by atoms with Gasteiger partial charge in [-0.25, -0.2) is 0 Å². The summed E-state index contributed by atoms with van der Waals surface area (Å²) in [5.74, 6) is -0.184. The molecule has 1 fully saturated rings. The lowest BCUT2D eigenvalue weighted by Gasteiger charge is -2.24. The molecule has 1 atom stereocenters. The van der Waals surface area contributed by atoms with Gasteiger partial charge in [-0.2, -0.15) is 0 Å². The van der Waals surface area contributed by atoms with Crippen LogP contribution in [0.25, 0.3) is 11.1 Å². The highest BCUT2D eigenvalue weighted by Crippen LogP contribution is 2.27. The third-order valence-electron chi connectivity index (χ3n) is 6.10. The quantitative estimate of drug-likeness (QED) is 0.523. The van der Waals surface area contributed by atoms with Crippen molar-refractivity contribution in [3.63, 3.8) is 0 Å². The Bertz CT molecular complexity index is 1100. The molecule has 0 N–H and O–H groups in total. The van der Waals surface area contributed by atoms with Crippen LogP contribution in [0.15, 0.2) is 91.8 Å². The molecule has 2 aromatic carbocycles. The van der Waals surface area contributed by atoms with E-state index < -0.39 is 0 Å². The topological polar surface area (TPSA) is 53.5 Å². The summed E-state index contributed by atoms with van der Waals surface area (Å²) in [5.41, 5.74) is 4.16. The zero-order valence-electron chi connectivity index (χ0n) is 18.8. The Hall–Kier alpha value is -3.73. The third-order valence-corrected chi connectivity index (χ3v) is 6.10. The number of aromatic nitrogens is 1. The maximum absolute atomic E-state index is 13.4. The molecule has 3 aromatic rings. The first-order chi connectivity index (χ1) is 16.2. The molecule has 0 unspecified atom stereocenters. The number of pyridine rings is 1. The van der Waals surface area contributed by atoms with E-state index in [0.717, 1.165) is 22.3 Å². The van der Waals surface area contributed by atoms with Crippen molar-refractivity contribution in [2.75, 3.05) is 26.2 Å². The van der Waals surface area contributed by atoms with Crippen molar-refractivity contribution >= 4 is 11.8 Å². The molecule has 0 radical (unpaired) electrons. The van der Waals surface area contributed by atoms with Gasteiger partial charge in [-0.15, -0.1) is 6.58 Å². The molecule has 1 aliphatic heterocycles. The minimum atomic E-state index is -0.315. The number of rotatable bonds is 7. The van der Waals surface area contributed by atoms with Crippen LogP contribution in [0, 0.1) is 5.92 Å². The predicted molar refractivity (Wildman–Crippen MR) is 130 cm³/mol. The largest absolute Gasteiger partial charge is 0.340 e. The monoisotopic (exact) mass is 439 g/mol. The summed E-state index contributed by atoms with van der Waals surface area (Å²) in [6.07, 6.45) is 6.25. The van der Waals surface area contributed by atoms with Crippen molar-refractivity contribution in [1.82, 2.24) is 14.8 Å². The summed E-state index contributed by atoms with van der Waals surface area (Å²) < 4.78 is 0. The van der Waals surface area contributed by atoms with Gasteiger partial charge in [0.25, 0.3) is 0 Å². The Labute approximate surface area is 195 Å². The molecule has 1 aromatic heterocycles. The minimum absolute atomic E-state index is 0.0556. The van der Waals surface area contributed by atoms with Crippen LogP contribution in [0.4, 0.5) is 0 Å². The number of benzene rings is 2. The molecule has 1 aliphatic rings. The van der Waals surface area contributed by atoms with Crippen molar-refractivity contribution < 1.29 is 9.59 Å². The van der Waals surface area contributed by atoms with E-state index in [4.69, 9.17) is 0 Å². The smallest absolute Gasteiger partial charge is 0.228 e. The fourth-order valence-corrected chi connectivity index (χ4v) is 4.41. The molecule has 0 saturated carbocycles. The SMILES string of the molecule is C=CCN1CCN(C(=O)Cc2ccccc2)C[C@@H](Cc2ccccc2-c2cccnc2)C1=O. The normalized spacial score (nSPS) is 16.4. The zero-order chi connectivity index (χ0) is 23.0. The molecule has 33 heavy (non-hydrogen) atoms. The zero-order valence-corrected chi connectivity index (χ0v) is 18.8. The van der Waals surface area contributed by atoms with Crippen molar-refractivity contribution in [3.8, 4) is 11.1 Å². The van der Waals surface area contributed by atoms with Crippen molar-refractivity contribution in [3.05, 3.63) is 103 Å². The highest BCUT2D eigenvalue weighted by molar-refractivity contribution is 5.83. The van der Waals surface area contributed by atoms with Gasteiger partial charge in [0.15, 0.2) is 0 Å². The van der Waals surface area contributed by atoms with E-state index in [1.807, 2.05) is 70.6 Å². The molecular formula is C28H29N3O2. The molecule has 0 aliphatic carbocycles. The molecule has 1 saturated heterocycles. The van der Waals surface area contributed by atoms with Crippen LogP contribution in [-0.4, -0.2) is 52.8 Å². The molecule has 0 bridgehead atoms. The van der Waals surface area contributed by atoms with Crippen molar-refractivity contribution in [2.45, 2.75) is 12.8 Å². The number of nitrogens with zero attached hydrogens (tertiary/aromatic N) is 3. The number of hydrogen-bond donors (Lipinski definition) is 0. The maximum Gasteiger partial charge on any atom is 0.228 e. The summed E-state index contributed by atoms with van der Waals surface area (Å²) in [5, 5.41) is 0. The number of carbonyl (C=O) groups is 2. The van der Waals surface area contributed by atoms with Crippen molar-refractivity contribution in [2.24, 2.45) is 5.92 Å². The molecule has 2 heterocycles. The average Bonchev–Trinajstić information content (AvgIpc) is 3.00. The van der Waals surface area contributed by atoms with Crippen LogP contribution in [0.1, 0.15) is 11.1 Å². The van der Waals surface area contributed by atoms with Crippen LogP contribution < -0.4 is 0 Å². The second-order valence-corrected chi connectivity index (χ2v) is 8.37. The lowest BCUT2D eigenvalue weighted by atomic mass is 9.91. The Balaban J connectivity index is 1.59. The van der Waals surface area contributed by atoms with E-state index in [9.17, 15) is 9.59 Å². The Kier molecular flexibility index (Phi) is 7.30. The lowest BCUT2D eigenvalue weighted by molar-refractivity contribution is -0.134. The van der Waals surface area contributed by atoms with Gasteiger partial charge in [-0.3, -0.25) is 14.6 Å². The van der Waals surface area contributed by atoms with Crippen LogP contribution >= 0.6 is 0 Å². The van der Waals surface area contributed by atoms with Gasteiger partial charge in [0, 0.05) is 44.1 Å². The molecule has 168 valence electrons. The summed E-state index contributed by atoms with van der Waals surface area (Å²) in [6, 6.07) is 21.8. The molecule has 4 rings (SSSR count). The van der Waals surface area contributed by atoms with E-state index in [0.29, 0.717) is 39.0 Å². The molecule has 2 amide bonds. The highest BCUT2D eigenvalue weighted by Gasteiger charge is 2.32. The van der Waals surface area contributed by atoms with E-state index in [-0.39, 0.29) is 17.7 Å². The third kappa shape index (κ3) is 5.55. The second kappa shape index (κ2) is 10.7. The van der Waals surface area contributed by atoms with E-state index >= 15 is 0 Å². The number of amides is 2. The summed E-state index contributed by atoms with van der Waals surface area (Å²) in [4.78, 5) is 34.5. The van der Waals surface area contributed by atoms with Gasteiger partial charge in [-0.1, -0.05) is 66.7 Å². The molecule has 5 nitrogen and oxygen atoms in total. The second-order valence-electron chi connectivity index (χ2n) is 8.37. The Morgan fingerprint density at radius 1 is 1.03 bits per heavy atom. The van der Waals surface area contributed by atoms with Gasteiger partial charge >= 0.3 is 0 Å². The number of hydrogen-bond acceptors (Lipinski definition) is 3. The highest BCUT2D eigenvalue weighted by atomic mass is 16.2. The Morgan fingerprint density at radius 3 is 2.58 bits per heavy atom. The van der Waals surface area contributed by atoms with Crippen molar-refractivity contribution in [1.29, 1.82) is 0 Å². The minimum Gasteiger partial charge on any atom is -0.340 e. The molecule has 5 heteroatoms. The van der Waals surface area contributed by atoms with Crippen LogP contribution in [0.5, 0.6) is 0 Å². The van der Waals surface area contributed by atoms with E-state index in [1.165, 1.54) is 0 Å². The molecular weight excluding hydrogens is 410 g/mol. The van der Waals surface area contributed by atoms with Crippen LogP contribution in [0.2, 0.25) is 0 Å². The van der Waals surface area contributed by atoms with Gasteiger partial charge in [0.1, 0.15) is 0 Å². The average molecular weight is 440 g/mol. The predicted octanol–water partition coefficient (Wildman–Crippen LogP) is 4.01. The fraction of sp³-hybridized carbons (Fsp3) is 0.250. The first-order valence-electron chi connectivity index (χ1n) is 11.4. The summed E-state index contributed by atoms with van der Waals surface area (Å²) in [6.45, 7) is 5.77. The van der Waals surface area contributed by atoms with Crippen LogP contribution in [0.3, 0.4) is 0 Å². The van der Waals surface area contributed by atoms with E-state index in [1.54, 1.807) is 12.3 Å². The van der Waals surface area contributed by atoms with Gasteiger partial charge in [-0.05, 0) is 29.2 Å². The van der Waals surface area contributed by atoms with Gasteiger partial charge in [0.05, 0.1) is 12.3 Å².